The minimum atomic E-state index is -0.611. The molecule has 2 rings (SSSR count). The number of nitrogens with zero attached hydrogens (tertiary/aromatic N) is 1. The first-order chi connectivity index (χ1) is 13.2. The van der Waals surface area contributed by atoms with Crippen molar-refractivity contribution < 1.29 is 9.59 Å². The average Bonchev–Trinajstić information content (AvgIpc) is 2.62. The van der Waals surface area contributed by atoms with E-state index >= 15 is 0 Å². The maximum Gasteiger partial charge on any atom is 0.242 e. The van der Waals surface area contributed by atoms with Crippen LogP contribution in [-0.2, 0) is 22.6 Å². The van der Waals surface area contributed by atoms with Crippen molar-refractivity contribution in [1.82, 2.24) is 10.2 Å². The van der Waals surface area contributed by atoms with Crippen LogP contribution in [-0.4, -0.2) is 28.8 Å². The molecule has 0 saturated carbocycles. The zero-order valence-electron chi connectivity index (χ0n) is 16.6. The molecule has 2 amide bonds. The Hall–Kier alpha value is -2.04. The van der Waals surface area contributed by atoms with Gasteiger partial charge in [-0.25, -0.2) is 0 Å². The zero-order chi connectivity index (χ0) is 20.8. The lowest BCUT2D eigenvalue weighted by Gasteiger charge is -2.30. The molecule has 0 heterocycles. The Morgan fingerprint density at radius 2 is 1.71 bits per heavy atom. The van der Waals surface area contributed by atoms with Gasteiger partial charge in [-0.3, -0.25) is 9.59 Å². The molecule has 0 aliphatic heterocycles. The van der Waals surface area contributed by atoms with Crippen molar-refractivity contribution in [2.24, 2.45) is 0 Å². The molecule has 28 heavy (non-hydrogen) atoms. The van der Waals surface area contributed by atoms with Crippen LogP contribution in [0.3, 0.4) is 0 Å². The number of carbonyl (C=O) groups is 2. The molecule has 0 unspecified atom stereocenters. The summed E-state index contributed by atoms with van der Waals surface area (Å²) in [4.78, 5) is 27.3. The van der Waals surface area contributed by atoms with E-state index in [0.29, 0.717) is 22.2 Å². The molecule has 0 aromatic heterocycles. The van der Waals surface area contributed by atoms with Gasteiger partial charge in [-0.2, -0.15) is 0 Å². The van der Waals surface area contributed by atoms with Crippen molar-refractivity contribution in [3.05, 3.63) is 69.2 Å². The summed E-state index contributed by atoms with van der Waals surface area (Å²) in [6.45, 7) is 7.88. The van der Waals surface area contributed by atoms with E-state index in [2.05, 4.69) is 5.32 Å². The summed E-state index contributed by atoms with van der Waals surface area (Å²) in [5.41, 5.74) is 2.76. The molecule has 1 atom stereocenters. The third-order valence-corrected chi connectivity index (χ3v) is 5.14. The van der Waals surface area contributed by atoms with E-state index in [1.165, 1.54) is 0 Å². The number of rotatable bonds is 7. The van der Waals surface area contributed by atoms with Crippen molar-refractivity contribution in [3.8, 4) is 0 Å². The van der Waals surface area contributed by atoms with Gasteiger partial charge >= 0.3 is 0 Å². The predicted molar refractivity (Wildman–Crippen MR) is 115 cm³/mol. The number of hydrogen-bond donors (Lipinski definition) is 1. The molecule has 0 saturated heterocycles. The minimum absolute atomic E-state index is 0.00364. The fraction of sp³-hybridized carbons (Fsp3) is 0.364. The van der Waals surface area contributed by atoms with Crippen molar-refractivity contribution in [1.29, 1.82) is 0 Å². The highest BCUT2D eigenvalue weighted by atomic mass is 35.5. The molecule has 0 spiro atoms. The topological polar surface area (TPSA) is 49.4 Å². The van der Waals surface area contributed by atoms with Gasteiger partial charge in [-0.1, -0.05) is 53.5 Å². The van der Waals surface area contributed by atoms with Crippen LogP contribution in [0.15, 0.2) is 42.5 Å². The summed E-state index contributed by atoms with van der Waals surface area (Å²) >= 11 is 12.2. The molecule has 0 radical (unpaired) electrons. The molecule has 0 aliphatic carbocycles. The first kappa shape index (κ1) is 22.3. The van der Waals surface area contributed by atoms with E-state index < -0.39 is 6.04 Å². The first-order valence-electron chi connectivity index (χ1n) is 9.27. The Kier molecular flexibility index (Phi) is 7.90. The number of hydrogen-bond acceptors (Lipinski definition) is 2. The van der Waals surface area contributed by atoms with Gasteiger partial charge in [0.2, 0.25) is 11.8 Å². The molecule has 150 valence electrons. The number of amides is 2. The second kappa shape index (κ2) is 9.94. The Morgan fingerprint density at radius 3 is 2.32 bits per heavy atom. The van der Waals surface area contributed by atoms with Gasteiger partial charge < -0.3 is 10.2 Å². The summed E-state index contributed by atoms with van der Waals surface area (Å²) in [6.07, 6.45) is 0.0984. The highest BCUT2D eigenvalue weighted by Crippen LogP contribution is 2.23. The highest BCUT2D eigenvalue weighted by molar-refractivity contribution is 6.35. The lowest BCUT2D eigenvalue weighted by Crippen LogP contribution is -2.49. The third kappa shape index (κ3) is 5.98. The van der Waals surface area contributed by atoms with Crippen molar-refractivity contribution in [2.45, 2.75) is 52.7 Å². The molecule has 0 bridgehead atoms. The van der Waals surface area contributed by atoms with Crippen LogP contribution in [0.5, 0.6) is 0 Å². The number of benzene rings is 2. The SMILES string of the molecule is Cc1ccccc1CN(C(=O)Cc1ccc(Cl)cc1Cl)[C@H](C)C(=O)NC(C)C. The molecule has 2 aromatic rings. The summed E-state index contributed by atoms with van der Waals surface area (Å²) in [5.74, 6) is -0.349. The van der Waals surface area contributed by atoms with E-state index in [1.807, 2.05) is 45.0 Å². The number of nitrogens with one attached hydrogen (secondary N) is 1. The van der Waals surface area contributed by atoms with Gasteiger partial charge in [-0.05, 0) is 56.5 Å². The standard InChI is InChI=1S/C22H26Cl2N2O2/c1-14(2)25-22(28)16(4)26(13-18-8-6-5-7-15(18)3)21(27)11-17-9-10-19(23)12-20(17)24/h5-10,12,14,16H,11,13H2,1-4H3,(H,25,28)/t16-/m1/s1. The molecular formula is C22H26Cl2N2O2. The van der Waals surface area contributed by atoms with E-state index in [9.17, 15) is 9.59 Å². The van der Waals surface area contributed by atoms with Crippen LogP contribution in [0.25, 0.3) is 0 Å². The van der Waals surface area contributed by atoms with E-state index in [-0.39, 0.29) is 24.3 Å². The van der Waals surface area contributed by atoms with Gasteiger partial charge in [0.05, 0.1) is 6.42 Å². The molecule has 4 nitrogen and oxygen atoms in total. The maximum absolute atomic E-state index is 13.2. The fourth-order valence-electron chi connectivity index (χ4n) is 2.89. The second-order valence-electron chi connectivity index (χ2n) is 7.20. The smallest absolute Gasteiger partial charge is 0.242 e. The average molecular weight is 421 g/mol. The number of aryl methyl sites for hydroxylation is 1. The Bertz CT molecular complexity index is 852. The van der Waals surface area contributed by atoms with Gasteiger partial charge in [0.15, 0.2) is 0 Å². The predicted octanol–water partition coefficient (Wildman–Crippen LogP) is 4.79. The molecular weight excluding hydrogens is 395 g/mol. The Labute approximate surface area is 176 Å². The normalized spacial score (nSPS) is 12.0. The van der Waals surface area contributed by atoms with Crippen LogP contribution in [0.1, 0.15) is 37.5 Å². The van der Waals surface area contributed by atoms with Crippen molar-refractivity contribution >= 4 is 35.0 Å². The summed E-state index contributed by atoms with van der Waals surface area (Å²) in [7, 11) is 0. The Morgan fingerprint density at radius 1 is 1.04 bits per heavy atom. The summed E-state index contributed by atoms with van der Waals surface area (Å²) in [5, 5.41) is 3.84. The van der Waals surface area contributed by atoms with Crippen LogP contribution < -0.4 is 5.32 Å². The van der Waals surface area contributed by atoms with Gasteiger partial charge in [-0.15, -0.1) is 0 Å². The Balaban J connectivity index is 2.29. The zero-order valence-corrected chi connectivity index (χ0v) is 18.1. The maximum atomic E-state index is 13.2. The monoisotopic (exact) mass is 420 g/mol. The molecule has 2 aromatic carbocycles. The van der Waals surface area contributed by atoms with Crippen LogP contribution in [0.4, 0.5) is 0 Å². The van der Waals surface area contributed by atoms with E-state index in [1.54, 1.807) is 30.0 Å². The van der Waals surface area contributed by atoms with E-state index in [4.69, 9.17) is 23.2 Å². The fourth-order valence-corrected chi connectivity index (χ4v) is 3.36. The lowest BCUT2D eigenvalue weighted by molar-refractivity contribution is -0.140. The molecule has 0 fully saturated rings. The summed E-state index contributed by atoms with van der Waals surface area (Å²) in [6, 6.07) is 12.3. The van der Waals surface area contributed by atoms with Crippen molar-refractivity contribution in [2.75, 3.05) is 0 Å². The van der Waals surface area contributed by atoms with Gasteiger partial charge in [0, 0.05) is 22.6 Å². The number of halogens is 2. The third-order valence-electron chi connectivity index (χ3n) is 4.56. The van der Waals surface area contributed by atoms with Gasteiger partial charge in [0.1, 0.15) is 6.04 Å². The van der Waals surface area contributed by atoms with E-state index in [0.717, 1.165) is 11.1 Å². The first-order valence-corrected chi connectivity index (χ1v) is 10.0. The summed E-state index contributed by atoms with van der Waals surface area (Å²) < 4.78 is 0. The lowest BCUT2D eigenvalue weighted by atomic mass is 10.1. The molecule has 1 N–H and O–H groups in total. The highest BCUT2D eigenvalue weighted by Gasteiger charge is 2.27. The quantitative estimate of drug-likeness (QED) is 0.699. The second-order valence-corrected chi connectivity index (χ2v) is 8.04. The van der Waals surface area contributed by atoms with Crippen LogP contribution in [0.2, 0.25) is 10.0 Å². The molecule has 6 heteroatoms. The van der Waals surface area contributed by atoms with Crippen LogP contribution >= 0.6 is 23.2 Å². The molecule has 0 aliphatic rings. The number of carbonyl (C=O) groups excluding carboxylic acids is 2. The minimum Gasteiger partial charge on any atom is -0.352 e. The van der Waals surface area contributed by atoms with Crippen LogP contribution in [0, 0.1) is 6.92 Å². The van der Waals surface area contributed by atoms with Crippen molar-refractivity contribution in [3.63, 3.8) is 0 Å². The largest absolute Gasteiger partial charge is 0.352 e. The van der Waals surface area contributed by atoms with Gasteiger partial charge in [0.25, 0.3) is 0 Å².